The van der Waals surface area contributed by atoms with Gasteiger partial charge in [0.2, 0.25) is 0 Å². The van der Waals surface area contributed by atoms with Crippen LogP contribution in [0.5, 0.6) is 5.75 Å². The summed E-state index contributed by atoms with van der Waals surface area (Å²) in [5.74, 6) is -0.923. The summed E-state index contributed by atoms with van der Waals surface area (Å²) in [6, 6.07) is 10.8. The third kappa shape index (κ3) is 4.05. The highest BCUT2D eigenvalue weighted by Crippen LogP contribution is 2.31. The normalized spacial score (nSPS) is 11.2. The maximum Gasteiger partial charge on any atom is 0.324 e. The third-order valence-electron chi connectivity index (χ3n) is 3.63. The van der Waals surface area contributed by atoms with Gasteiger partial charge in [-0.25, -0.2) is 8.42 Å². The molecule has 0 aromatic heterocycles. The molecule has 0 unspecified atom stereocenters. The Balaban J connectivity index is 2.60. The van der Waals surface area contributed by atoms with E-state index in [1.54, 1.807) is 24.3 Å². The summed E-state index contributed by atoms with van der Waals surface area (Å²) < 4.78 is 32.0. The van der Waals surface area contributed by atoms with Crippen molar-refractivity contribution in [3.05, 3.63) is 53.1 Å². The molecule has 2 rings (SSSR count). The Labute approximate surface area is 151 Å². The van der Waals surface area contributed by atoms with E-state index in [-0.39, 0.29) is 9.92 Å². The predicted molar refractivity (Wildman–Crippen MR) is 96.0 cm³/mol. The van der Waals surface area contributed by atoms with Crippen LogP contribution in [0.1, 0.15) is 12.5 Å². The fraction of sp³-hybridized carbons (Fsp3) is 0.235. The number of hydrogen-bond acceptors (Lipinski definition) is 4. The fourth-order valence-corrected chi connectivity index (χ4v) is 4.21. The quantitative estimate of drug-likeness (QED) is 0.793. The van der Waals surface area contributed by atoms with Crippen molar-refractivity contribution in [2.45, 2.75) is 18.2 Å². The first-order valence-corrected chi connectivity index (χ1v) is 9.29. The molecule has 1 N–H and O–H groups in total. The molecule has 8 heteroatoms. The standard InChI is InChI=1S/C17H18ClNO5S/c1-3-12-6-4-5-7-15(12)19(11-17(20)21)25(22,23)13-8-9-16(24-2)14(18)10-13/h4-10H,3,11H2,1-2H3,(H,20,21). The Morgan fingerprint density at radius 1 is 1.24 bits per heavy atom. The van der Waals surface area contributed by atoms with Gasteiger partial charge in [0.1, 0.15) is 12.3 Å². The molecule has 0 fully saturated rings. The highest BCUT2D eigenvalue weighted by Gasteiger charge is 2.29. The predicted octanol–water partition coefficient (Wildman–Crippen LogP) is 3.19. The number of ether oxygens (including phenoxy) is 1. The van der Waals surface area contributed by atoms with Crippen LogP contribution in [0, 0.1) is 0 Å². The molecule has 0 bridgehead atoms. The molecule has 0 saturated heterocycles. The second kappa shape index (κ2) is 7.76. The smallest absolute Gasteiger partial charge is 0.324 e. The maximum absolute atomic E-state index is 13.1. The molecule has 6 nitrogen and oxygen atoms in total. The lowest BCUT2D eigenvalue weighted by Gasteiger charge is -2.25. The number of nitrogens with zero attached hydrogens (tertiary/aromatic N) is 1. The number of carboxylic acids is 1. The zero-order valence-corrected chi connectivity index (χ0v) is 15.3. The molecular weight excluding hydrogens is 366 g/mol. The molecule has 0 saturated carbocycles. The molecule has 0 spiro atoms. The monoisotopic (exact) mass is 383 g/mol. The maximum atomic E-state index is 13.1. The van der Waals surface area contributed by atoms with Gasteiger partial charge >= 0.3 is 5.97 Å². The molecule has 0 aliphatic heterocycles. The number of hydrogen-bond donors (Lipinski definition) is 1. The lowest BCUT2D eigenvalue weighted by Crippen LogP contribution is -2.36. The number of methoxy groups -OCH3 is 1. The number of para-hydroxylation sites is 1. The molecule has 0 amide bonds. The highest BCUT2D eigenvalue weighted by molar-refractivity contribution is 7.92. The van der Waals surface area contributed by atoms with Crippen LogP contribution in [-0.2, 0) is 21.2 Å². The summed E-state index contributed by atoms with van der Waals surface area (Å²) in [5, 5.41) is 9.33. The van der Waals surface area contributed by atoms with Gasteiger partial charge in [0.25, 0.3) is 10.0 Å². The zero-order chi connectivity index (χ0) is 18.6. The Morgan fingerprint density at radius 3 is 2.48 bits per heavy atom. The number of anilines is 1. The van der Waals surface area contributed by atoms with E-state index in [1.165, 1.54) is 25.3 Å². The van der Waals surface area contributed by atoms with E-state index in [4.69, 9.17) is 16.3 Å². The van der Waals surface area contributed by atoms with E-state index in [1.807, 2.05) is 6.92 Å². The second-order valence-corrected chi connectivity index (χ2v) is 7.45. The average Bonchev–Trinajstić information content (AvgIpc) is 2.59. The van der Waals surface area contributed by atoms with Crippen LogP contribution in [-0.4, -0.2) is 33.1 Å². The first-order chi connectivity index (χ1) is 11.8. The highest BCUT2D eigenvalue weighted by atomic mass is 35.5. The van der Waals surface area contributed by atoms with Gasteiger partial charge in [-0.1, -0.05) is 36.7 Å². The van der Waals surface area contributed by atoms with Crippen molar-refractivity contribution in [2.24, 2.45) is 0 Å². The summed E-state index contributed by atoms with van der Waals surface area (Å²) >= 11 is 6.03. The lowest BCUT2D eigenvalue weighted by atomic mass is 10.1. The van der Waals surface area contributed by atoms with Crippen molar-refractivity contribution in [3.8, 4) is 5.75 Å². The number of carbonyl (C=O) groups is 1. The van der Waals surface area contributed by atoms with E-state index >= 15 is 0 Å². The van der Waals surface area contributed by atoms with Crippen LogP contribution in [0.4, 0.5) is 5.69 Å². The molecule has 0 aliphatic rings. The summed E-state index contributed by atoms with van der Waals surface area (Å²) in [4.78, 5) is 11.2. The molecule has 134 valence electrons. The van der Waals surface area contributed by atoms with E-state index in [0.717, 1.165) is 9.87 Å². The molecule has 0 atom stereocenters. The number of rotatable bonds is 7. The Kier molecular flexibility index (Phi) is 5.92. The zero-order valence-electron chi connectivity index (χ0n) is 13.8. The minimum absolute atomic E-state index is 0.106. The first kappa shape index (κ1) is 19.1. The molecular formula is C17H18ClNO5S. The van der Waals surface area contributed by atoms with E-state index in [0.29, 0.717) is 17.9 Å². The van der Waals surface area contributed by atoms with Crippen molar-refractivity contribution in [1.82, 2.24) is 0 Å². The molecule has 0 heterocycles. The van der Waals surface area contributed by atoms with Crippen molar-refractivity contribution >= 4 is 33.3 Å². The van der Waals surface area contributed by atoms with Crippen LogP contribution >= 0.6 is 11.6 Å². The molecule has 0 aliphatic carbocycles. The van der Waals surface area contributed by atoms with E-state index < -0.39 is 22.5 Å². The lowest BCUT2D eigenvalue weighted by molar-refractivity contribution is -0.135. The van der Waals surface area contributed by atoms with Crippen molar-refractivity contribution in [3.63, 3.8) is 0 Å². The van der Waals surface area contributed by atoms with E-state index in [9.17, 15) is 18.3 Å². The van der Waals surface area contributed by atoms with Gasteiger partial charge in [0.15, 0.2) is 0 Å². The van der Waals surface area contributed by atoms with Crippen LogP contribution < -0.4 is 9.04 Å². The minimum atomic E-state index is -4.12. The minimum Gasteiger partial charge on any atom is -0.495 e. The van der Waals surface area contributed by atoms with Crippen LogP contribution in [0.15, 0.2) is 47.4 Å². The fourth-order valence-electron chi connectivity index (χ4n) is 2.41. The van der Waals surface area contributed by atoms with Gasteiger partial charge < -0.3 is 9.84 Å². The molecule has 25 heavy (non-hydrogen) atoms. The van der Waals surface area contributed by atoms with Crippen molar-refractivity contribution < 1.29 is 23.1 Å². The van der Waals surface area contributed by atoms with E-state index in [2.05, 4.69) is 0 Å². The second-order valence-electron chi connectivity index (χ2n) is 5.18. The topological polar surface area (TPSA) is 83.9 Å². The van der Waals surface area contributed by atoms with Crippen LogP contribution in [0.25, 0.3) is 0 Å². The van der Waals surface area contributed by atoms with Gasteiger partial charge in [0, 0.05) is 0 Å². The number of aryl methyl sites for hydroxylation is 1. The van der Waals surface area contributed by atoms with Crippen LogP contribution in [0.3, 0.4) is 0 Å². The summed E-state index contributed by atoms with van der Waals surface area (Å²) in [5.41, 5.74) is 1.06. The molecule has 2 aromatic rings. The summed E-state index contributed by atoms with van der Waals surface area (Å²) in [6.45, 7) is 1.18. The number of sulfonamides is 1. The van der Waals surface area contributed by atoms with Gasteiger partial charge in [0.05, 0.1) is 22.7 Å². The van der Waals surface area contributed by atoms with Crippen molar-refractivity contribution in [1.29, 1.82) is 0 Å². The third-order valence-corrected chi connectivity index (χ3v) is 5.68. The Bertz CT molecular complexity index is 882. The van der Waals surface area contributed by atoms with Gasteiger partial charge in [-0.2, -0.15) is 0 Å². The SMILES string of the molecule is CCc1ccccc1N(CC(=O)O)S(=O)(=O)c1ccc(OC)c(Cl)c1. The van der Waals surface area contributed by atoms with Gasteiger partial charge in [-0.3, -0.25) is 9.10 Å². The number of benzene rings is 2. The number of carboxylic acid groups (broad SMARTS) is 1. The Morgan fingerprint density at radius 2 is 1.92 bits per heavy atom. The summed E-state index contributed by atoms with van der Waals surface area (Å²) in [6.07, 6.45) is 0.561. The number of aliphatic carboxylic acids is 1. The number of halogens is 1. The molecule has 0 radical (unpaired) electrons. The largest absolute Gasteiger partial charge is 0.495 e. The average molecular weight is 384 g/mol. The van der Waals surface area contributed by atoms with Gasteiger partial charge in [-0.05, 0) is 36.2 Å². The van der Waals surface area contributed by atoms with Gasteiger partial charge in [-0.15, -0.1) is 0 Å². The summed E-state index contributed by atoms with van der Waals surface area (Å²) in [7, 11) is -2.70. The van der Waals surface area contributed by atoms with Crippen LogP contribution in [0.2, 0.25) is 5.02 Å². The molecule has 2 aromatic carbocycles. The first-order valence-electron chi connectivity index (χ1n) is 7.47. The van der Waals surface area contributed by atoms with Crippen molar-refractivity contribution in [2.75, 3.05) is 18.0 Å². The Hall–Kier alpha value is -2.25.